The number of aliphatic hydroxyl groups is 1. The van der Waals surface area contributed by atoms with Gasteiger partial charge < -0.3 is 9.84 Å². The highest BCUT2D eigenvalue weighted by molar-refractivity contribution is 6.51. The lowest BCUT2D eigenvalue weighted by Crippen LogP contribution is -2.29. The van der Waals surface area contributed by atoms with Crippen LogP contribution in [0.15, 0.2) is 66.4 Å². The fraction of sp³-hybridized carbons (Fsp3) is 0.154. The second-order valence-corrected chi connectivity index (χ2v) is 7.75. The van der Waals surface area contributed by atoms with Crippen LogP contribution < -0.4 is 9.64 Å². The summed E-state index contributed by atoms with van der Waals surface area (Å²) >= 11 is 0. The quantitative estimate of drug-likeness (QED) is 0.371. The maximum absolute atomic E-state index is 13.3. The number of benzene rings is 2. The minimum atomic E-state index is -0.954. The van der Waals surface area contributed by atoms with Gasteiger partial charge in [0.05, 0.1) is 35.6 Å². The smallest absolute Gasteiger partial charge is 0.300 e. The molecule has 1 aliphatic rings. The maximum atomic E-state index is 13.3. The number of nitrogens with zero attached hydrogens (tertiary/aromatic N) is 3. The van der Waals surface area contributed by atoms with Crippen LogP contribution in [0, 0.1) is 25.2 Å². The lowest BCUT2D eigenvalue weighted by molar-refractivity contribution is -0.132. The Kier molecular flexibility index (Phi) is 5.67. The predicted octanol–water partition coefficient (Wildman–Crippen LogP) is 4.21. The summed E-state index contributed by atoms with van der Waals surface area (Å²) in [6, 6.07) is 16.2. The Labute approximate surface area is 191 Å². The van der Waals surface area contributed by atoms with Crippen LogP contribution in [0.4, 0.5) is 5.69 Å². The van der Waals surface area contributed by atoms with Gasteiger partial charge in [-0.2, -0.15) is 5.26 Å². The second-order valence-electron chi connectivity index (χ2n) is 7.75. The number of carbonyl (C=O) groups is 2. The molecule has 3 aromatic rings. The van der Waals surface area contributed by atoms with Gasteiger partial charge in [-0.05, 0) is 67.4 Å². The first-order valence-electron chi connectivity index (χ1n) is 10.2. The minimum Gasteiger partial charge on any atom is -0.507 e. The Morgan fingerprint density at radius 2 is 1.85 bits per heavy atom. The van der Waals surface area contributed by atoms with Crippen molar-refractivity contribution in [2.24, 2.45) is 0 Å². The van der Waals surface area contributed by atoms with Crippen molar-refractivity contribution < 1.29 is 19.4 Å². The number of hydrogen-bond donors (Lipinski definition) is 1. The Morgan fingerprint density at radius 1 is 1.12 bits per heavy atom. The molecule has 0 bridgehead atoms. The number of Topliss-reactive ketones (excluding diaryl/α,β-unsaturated/α-hetero) is 1. The third-order valence-electron chi connectivity index (χ3n) is 5.57. The SMILES string of the molecule is COc1c(C)cc(C)cc1/C(O)=C1\C(=O)C(=O)N(c2ccc(C#N)cc2)C1c1ccccn1. The number of anilines is 1. The molecule has 1 N–H and O–H groups in total. The highest BCUT2D eigenvalue weighted by Crippen LogP contribution is 2.43. The molecule has 1 saturated heterocycles. The van der Waals surface area contributed by atoms with Gasteiger partial charge in [-0.15, -0.1) is 0 Å². The Balaban J connectivity index is 1.98. The molecule has 2 aromatic carbocycles. The zero-order valence-corrected chi connectivity index (χ0v) is 18.4. The molecule has 0 saturated carbocycles. The van der Waals surface area contributed by atoms with E-state index >= 15 is 0 Å². The first-order chi connectivity index (χ1) is 15.9. The summed E-state index contributed by atoms with van der Waals surface area (Å²) in [7, 11) is 1.49. The summed E-state index contributed by atoms with van der Waals surface area (Å²) in [5.74, 6) is -1.53. The number of aromatic nitrogens is 1. The van der Waals surface area contributed by atoms with Gasteiger partial charge in [0.25, 0.3) is 11.7 Å². The standard InChI is InChI=1S/C26H21N3O4/c1-15-12-16(2)25(33-3)19(13-15)23(30)21-22(20-6-4-5-11-28-20)29(26(32)24(21)31)18-9-7-17(14-27)8-10-18/h4-13,22,30H,1-3H3/b23-21+. The Bertz CT molecular complexity index is 1320. The van der Waals surface area contributed by atoms with Crippen LogP contribution in [-0.2, 0) is 9.59 Å². The molecule has 2 heterocycles. The largest absolute Gasteiger partial charge is 0.507 e. The average Bonchev–Trinajstić information content (AvgIpc) is 3.09. The van der Waals surface area contributed by atoms with Gasteiger partial charge in [0.15, 0.2) is 0 Å². The highest BCUT2D eigenvalue weighted by atomic mass is 16.5. The molecule has 1 unspecified atom stereocenters. The molecule has 1 aromatic heterocycles. The zero-order valence-electron chi connectivity index (χ0n) is 18.4. The van der Waals surface area contributed by atoms with E-state index in [1.807, 2.05) is 26.0 Å². The Morgan fingerprint density at radius 3 is 2.45 bits per heavy atom. The van der Waals surface area contributed by atoms with Crippen LogP contribution in [0.2, 0.25) is 0 Å². The molecule has 0 radical (unpaired) electrons. The van der Waals surface area contributed by atoms with E-state index in [4.69, 9.17) is 10.00 Å². The summed E-state index contributed by atoms with van der Waals surface area (Å²) < 4.78 is 5.50. The van der Waals surface area contributed by atoms with Crippen molar-refractivity contribution >= 4 is 23.1 Å². The first-order valence-corrected chi connectivity index (χ1v) is 10.2. The number of carbonyl (C=O) groups excluding carboxylic acids is 2. The third-order valence-corrected chi connectivity index (χ3v) is 5.57. The predicted molar refractivity (Wildman–Crippen MR) is 123 cm³/mol. The maximum Gasteiger partial charge on any atom is 0.300 e. The zero-order chi connectivity index (χ0) is 23.7. The normalized spacial score (nSPS) is 17.2. The minimum absolute atomic E-state index is 0.0774. The fourth-order valence-electron chi connectivity index (χ4n) is 4.16. The van der Waals surface area contributed by atoms with Crippen LogP contribution in [0.3, 0.4) is 0 Å². The number of ketones is 1. The summed E-state index contributed by atoms with van der Waals surface area (Å²) in [4.78, 5) is 32.1. The number of pyridine rings is 1. The van der Waals surface area contributed by atoms with Crippen LogP contribution in [0.5, 0.6) is 5.75 Å². The van der Waals surface area contributed by atoms with Crippen molar-refractivity contribution in [2.45, 2.75) is 19.9 Å². The van der Waals surface area contributed by atoms with Crippen molar-refractivity contribution in [3.05, 3.63) is 94.3 Å². The van der Waals surface area contributed by atoms with E-state index in [0.717, 1.165) is 11.1 Å². The van der Waals surface area contributed by atoms with Gasteiger partial charge in [-0.1, -0.05) is 12.1 Å². The van der Waals surface area contributed by atoms with Crippen molar-refractivity contribution in [2.75, 3.05) is 12.0 Å². The molecular weight excluding hydrogens is 418 g/mol. The number of nitriles is 1. The van der Waals surface area contributed by atoms with Crippen LogP contribution in [0.25, 0.3) is 5.76 Å². The fourth-order valence-corrected chi connectivity index (χ4v) is 4.16. The van der Waals surface area contributed by atoms with Gasteiger partial charge >= 0.3 is 0 Å². The topological polar surface area (TPSA) is 104 Å². The number of rotatable bonds is 4. The number of aryl methyl sites for hydroxylation is 2. The highest BCUT2D eigenvalue weighted by Gasteiger charge is 2.47. The van der Waals surface area contributed by atoms with Gasteiger partial charge in [0.1, 0.15) is 17.6 Å². The van der Waals surface area contributed by atoms with E-state index in [0.29, 0.717) is 28.3 Å². The van der Waals surface area contributed by atoms with Crippen molar-refractivity contribution in [3.63, 3.8) is 0 Å². The molecule has 4 rings (SSSR count). The first kappa shape index (κ1) is 21.8. The van der Waals surface area contributed by atoms with Gasteiger partial charge in [-0.3, -0.25) is 19.5 Å². The van der Waals surface area contributed by atoms with E-state index in [-0.39, 0.29) is 11.3 Å². The van der Waals surface area contributed by atoms with Crippen molar-refractivity contribution in [1.29, 1.82) is 5.26 Å². The molecule has 7 heteroatoms. The number of aliphatic hydroxyl groups excluding tert-OH is 1. The Hall–Kier alpha value is -4.44. The molecule has 1 amide bonds. The van der Waals surface area contributed by atoms with E-state index in [9.17, 15) is 14.7 Å². The number of amides is 1. The van der Waals surface area contributed by atoms with Gasteiger partial charge in [-0.25, -0.2) is 0 Å². The van der Waals surface area contributed by atoms with Gasteiger partial charge in [0, 0.05) is 11.9 Å². The monoisotopic (exact) mass is 439 g/mol. The molecule has 164 valence electrons. The van der Waals surface area contributed by atoms with Crippen LogP contribution >= 0.6 is 0 Å². The average molecular weight is 439 g/mol. The van der Waals surface area contributed by atoms with E-state index in [1.165, 1.54) is 12.0 Å². The number of ether oxygens (including phenoxy) is 1. The van der Waals surface area contributed by atoms with Crippen LogP contribution in [0.1, 0.15) is 34.0 Å². The van der Waals surface area contributed by atoms with E-state index < -0.39 is 17.7 Å². The third kappa shape index (κ3) is 3.72. The van der Waals surface area contributed by atoms with Crippen molar-refractivity contribution in [3.8, 4) is 11.8 Å². The van der Waals surface area contributed by atoms with E-state index in [2.05, 4.69) is 4.98 Å². The molecule has 1 fully saturated rings. The second kappa shape index (κ2) is 8.60. The summed E-state index contributed by atoms with van der Waals surface area (Å²) in [5.41, 5.74) is 3.16. The molecular formula is C26H21N3O4. The number of hydrogen-bond acceptors (Lipinski definition) is 6. The molecule has 1 aliphatic heterocycles. The van der Waals surface area contributed by atoms with E-state index in [1.54, 1.807) is 54.7 Å². The molecule has 1 atom stereocenters. The molecule has 0 aliphatic carbocycles. The van der Waals surface area contributed by atoms with Crippen LogP contribution in [-0.4, -0.2) is 28.9 Å². The summed E-state index contributed by atoms with van der Waals surface area (Å²) in [6.07, 6.45) is 1.56. The number of methoxy groups -OCH3 is 1. The molecule has 0 spiro atoms. The molecule has 33 heavy (non-hydrogen) atoms. The lowest BCUT2D eigenvalue weighted by Gasteiger charge is -2.25. The molecule has 7 nitrogen and oxygen atoms in total. The summed E-state index contributed by atoms with van der Waals surface area (Å²) in [6.45, 7) is 3.71. The van der Waals surface area contributed by atoms with Crippen molar-refractivity contribution in [1.82, 2.24) is 4.98 Å². The summed E-state index contributed by atoms with van der Waals surface area (Å²) in [5, 5.41) is 20.5. The lowest BCUT2D eigenvalue weighted by atomic mass is 9.95. The van der Waals surface area contributed by atoms with Gasteiger partial charge in [0.2, 0.25) is 0 Å².